The molecule has 0 aromatic rings. The Kier molecular flexibility index (Phi) is 3.83. The number of hydrogen-bond donors (Lipinski definition) is 0. The van der Waals surface area contributed by atoms with E-state index in [4.69, 9.17) is 9.47 Å². The largest absolute Gasteiger partial charge is 0.349 e. The van der Waals surface area contributed by atoms with Gasteiger partial charge in [-0.1, -0.05) is 41.5 Å². The number of ether oxygens (including phenoxy) is 2. The summed E-state index contributed by atoms with van der Waals surface area (Å²) < 4.78 is 12.2. The zero-order valence-electron chi connectivity index (χ0n) is 11.1. The molecule has 0 spiro atoms. The quantitative estimate of drug-likeness (QED) is 0.714. The summed E-state index contributed by atoms with van der Waals surface area (Å²) in [6.45, 7) is 14.0. The van der Waals surface area contributed by atoms with Crippen LogP contribution in [0.4, 0.5) is 0 Å². The second kappa shape index (κ2) is 4.42. The summed E-state index contributed by atoms with van der Waals surface area (Å²) in [5.41, 5.74) is 0.127. The fourth-order valence-corrected chi connectivity index (χ4v) is 2.48. The van der Waals surface area contributed by atoms with E-state index < -0.39 is 0 Å². The Morgan fingerprint density at radius 1 is 1.20 bits per heavy atom. The molecule has 0 aliphatic carbocycles. The predicted molar refractivity (Wildman–Crippen MR) is 62.8 cm³/mol. The first-order valence-corrected chi connectivity index (χ1v) is 6.18. The summed E-state index contributed by atoms with van der Waals surface area (Å²) in [7, 11) is 0. The van der Waals surface area contributed by atoms with Gasteiger partial charge in [0.25, 0.3) is 0 Å². The molecule has 15 heavy (non-hydrogen) atoms. The minimum atomic E-state index is -0.329. The van der Waals surface area contributed by atoms with E-state index in [1.807, 2.05) is 0 Å². The standard InChI is InChI=1S/C13H26O2/c1-7-13(8-2)14-9-12(5,6)11(15-13)10(3)4/h10-11H,7-9H2,1-6H3. The van der Waals surface area contributed by atoms with Gasteiger partial charge >= 0.3 is 0 Å². The fraction of sp³-hybridized carbons (Fsp3) is 1.00. The molecule has 0 aromatic carbocycles. The van der Waals surface area contributed by atoms with Crippen molar-refractivity contribution in [3.63, 3.8) is 0 Å². The Balaban J connectivity index is 2.83. The van der Waals surface area contributed by atoms with Gasteiger partial charge in [0.1, 0.15) is 0 Å². The first-order chi connectivity index (χ1) is 6.87. The lowest BCUT2D eigenvalue weighted by Gasteiger charge is -2.49. The Morgan fingerprint density at radius 3 is 2.13 bits per heavy atom. The molecule has 2 nitrogen and oxygen atoms in total. The van der Waals surface area contributed by atoms with E-state index in [0.29, 0.717) is 12.0 Å². The van der Waals surface area contributed by atoms with Crippen LogP contribution in [0.25, 0.3) is 0 Å². The Hall–Kier alpha value is -0.0800. The average Bonchev–Trinajstić information content (AvgIpc) is 2.18. The molecule has 1 atom stereocenters. The third-order valence-corrected chi connectivity index (χ3v) is 3.50. The summed E-state index contributed by atoms with van der Waals surface area (Å²) in [4.78, 5) is 0. The Morgan fingerprint density at radius 2 is 1.73 bits per heavy atom. The van der Waals surface area contributed by atoms with Gasteiger partial charge in [0, 0.05) is 5.41 Å². The van der Waals surface area contributed by atoms with Crippen LogP contribution in [0.2, 0.25) is 0 Å². The van der Waals surface area contributed by atoms with Crippen molar-refractivity contribution in [2.45, 2.75) is 66.3 Å². The highest BCUT2D eigenvalue weighted by atomic mass is 16.7. The van der Waals surface area contributed by atoms with Crippen molar-refractivity contribution in [1.29, 1.82) is 0 Å². The second-order valence-electron chi connectivity index (χ2n) is 5.68. The molecule has 0 radical (unpaired) electrons. The summed E-state index contributed by atoms with van der Waals surface area (Å²) in [6.07, 6.45) is 2.16. The molecule has 0 saturated carbocycles. The third-order valence-electron chi connectivity index (χ3n) is 3.50. The van der Waals surface area contributed by atoms with E-state index in [9.17, 15) is 0 Å². The van der Waals surface area contributed by atoms with Crippen molar-refractivity contribution < 1.29 is 9.47 Å². The molecular weight excluding hydrogens is 188 g/mol. The molecule has 90 valence electrons. The van der Waals surface area contributed by atoms with Gasteiger partial charge in [-0.05, 0) is 18.8 Å². The van der Waals surface area contributed by atoms with Gasteiger partial charge in [0.05, 0.1) is 12.7 Å². The normalized spacial score (nSPS) is 29.4. The van der Waals surface area contributed by atoms with E-state index in [2.05, 4.69) is 41.5 Å². The molecule has 2 heteroatoms. The average molecular weight is 214 g/mol. The van der Waals surface area contributed by atoms with Crippen LogP contribution in [0.15, 0.2) is 0 Å². The molecule has 1 fully saturated rings. The highest BCUT2D eigenvalue weighted by Gasteiger charge is 2.45. The molecule has 0 amide bonds. The molecule has 0 bridgehead atoms. The van der Waals surface area contributed by atoms with Gasteiger partial charge in [-0.15, -0.1) is 0 Å². The molecule has 1 aliphatic heterocycles. The highest BCUT2D eigenvalue weighted by molar-refractivity contribution is 4.88. The minimum absolute atomic E-state index is 0.127. The molecule has 1 heterocycles. The van der Waals surface area contributed by atoms with Crippen LogP contribution in [0.1, 0.15) is 54.4 Å². The summed E-state index contributed by atoms with van der Waals surface area (Å²) in [5, 5.41) is 0. The van der Waals surface area contributed by atoms with Crippen molar-refractivity contribution in [2.75, 3.05) is 6.61 Å². The van der Waals surface area contributed by atoms with Crippen LogP contribution in [-0.4, -0.2) is 18.5 Å². The lowest BCUT2D eigenvalue weighted by atomic mass is 9.80. The highest BCUT2D eigenvalue weighted by Crippen LogP contribution is 2.41. The number of hydrogen-bond acceptors (Lipinski definition) is 2. The van der Waals surface area contributed by atoms with Crippen LogP contribution in [-0.2, 0) is 9.47 Å². The zero-order valence-corrected chi connectivity index (χ0v) is 11.1. The van der Waals surface area contributed by atoms with E-state index >= 15 is 0 Å². The summed E-state index contributed by atoms with van der Waals surface area (Å²) in [5.74, 6) is 0.214. The molecule has 0 N–H and O–H groups in total. The van der Waals surface area contributed by atoms with Gasteiger partial charge in [-0.25, -0.2) is 0 Å². The molecular formula is C13H26O2. The maximum atomic E-state index is 6.23. The van der Waals surface area contributed by atoms with Crippen molar-refractivity contribution in [3.8, 4) is 0 Å². The van der Waals surface area contributed by atoms with Gasteiger partial charge in [-0.2, -0.15) is 0 Å². The van der Waals surface area contributed by atoms with Gasteiger partial charge in [0.15, 0.2) is 5.79 Å². The van der Waals surface area contributed by atoms with Crippen molar-refractivity contribution in [2.24, 2.45) is 11.3 Å². The van der Waals surface area contributed by atoms with Gasteiger partial charge < -0.3 is 9.47 Å². The van der Waals surface area contributed by atoms with Crippen LogP contribution in [0.3, 0.4) is 0 Å². The monoisotopic (exact) mass is 214 g/mol. The summed E-state index contributed by atoms with van der Waals surface area (Å²) in [6, 6.07) is 0. The lowest BCUT2D eigenvalue weighted by molar-refractivity contribution is -0.338. The predicted octanol–water partition coefficient (Wildman–Crippen LogP) is 3.60. The minimum Gasteiger partial charge on any atom is -0.349 e. The second-order valence-corrected chi connectivity index (χ2v) is 5.68. The summed E-state index contributed by atoms with van der Waals surface area (Å²) >= 11 is 0. The maximum Gasteiger partial charge on any atom is 0.168 e. The first kappa shape index (κ1) is 13.0. The fourth-order valence-electron chi connectivity index (χ4n) is 2.48. The van der Waals surface area contributed by atoms with Crippen LogP contribution in [0.5, 0.6) is 0 Å². The van der Waals surface area contributed by atoms with Crippen molar-refractivity contribution in [3.05, 3.63) is 0 Å². The van der Waals surface area contributed by atoms with Crippen molar-refractivity contribution >= 4 is 0 Å². The topological polar surface area (TPSA) is 18.5 Å². The molecule has 1 rings (SSSR count). The molecule has 0 aromatic heterocycles. The Bertz CT molecular complexity index is 205. The molecule has 1 unspecified atom stereocenters. The molecule has 1 aliphatic rings. The Labute approximate surface area is 94.3 Å². The zero-order chi connectivity index (χ0) is 11.7. The van der Waals surface area contributed by atoms with E-state index in [-0.39, 0.29) is 11.2 Å². The molecule has 1 saturated heterocycles. The first-order valence-electron chi connectivity index (χ1n) is 6.18. The van der Waals surface area contributed by atoms with Gasteiger partial charge in [0.2, 0.25) is 0 Å². The van der Waals surface area contributed by atoms with Crippen LogP contribution in [0, 0.1) is 11.3 Å². The van der Waals surface area contributed by atoms with Crippen LogP contribution >= 0.6 is 0 Å². The smallest absolute Gasteiger partial charge is 0.168 e. The number of rotatable bonds is 3. The lowest BCUT2D eigenvalue weighted by Crippen LogP contribution is -2.54. The van der Waals surface area contributed by atoms with E-state index in [1.165, 1.54) is 0 Å². The maximum absolute atomic E-state index is 6.23. The SMILES string of the molecule is CCC1(CC)OCC(C)(C)C(C(C)C)O1. The van der Waals surface area contributed by atoms with E-state index in [0.717, 1.165) is 19.4 Å². The van der Waals surface area contributed by atoms with Crippen LogP contribution < -0.4 is 0 Å². The van der Waals surface area contributed by atoms with Crippen molar-refractivity contribution in [1.82, 2.24) is 0 Å². The van der Waals surface area contributed by atoms with Gasteiger partial charge in [-0.3, -0.25) is 0 Å². The van der Waals surface area contributed by atoms with E-state index in [1.54, 1.807) is 0 Å². The third kappa shape index (κ3) is 2.54.